The molecule has 5 heavy (non-hydrogen) atoms. The number of rotatable bonds is 0. The zero-order valence-corrected chi connectivity index (χ0v) is 8.66. The van der Waals surface area contributed by atoms with Crippen molar-refractivity contribution in [3.8, 4) is 0 Å². The van der Waals surface area contributed by atoms with Gasteiger partial charge in [0.1, 0.15) is 0 Å². The maximum atomic E-state index is 0. The Hall–Kier alpha value is 3.85. The molecule has 0 N–H and O–H groups in total. The molecule has 0 saturated carbocycles. The van der Waals surface area contributed by atoms with Gasteiger partial charge in [-0.15, -0.1) is 0 Å². The van der Waals surface area contributed by atoms with Crippen LogP contribution in [0.15, 0.2) is 0 Å². The fraction of sp³-hybridized carbons (Fsp3) is 0. The van der Waals surface area contributed by atoms with Crippen molar-refractivity contribution in [2.75, 3.05) is 0 Å². The van der Waals surface area contributed by atoms with Crippen LogP contribution in [-0.2, 0) is 22.4 Å². The number of hydrogen-bond acceptors (Lipinski definition) is 0. The van der Waals surface area contributed by atoms with Crippen LogP contribution in [0.3, 0.4) is 0 Å². The summed E-state index contributed by atoms with van der Waals surface area (Å²) in [6.07, 6.45) is 0. The van der Waals surface area contributed by atoms with E-state index in [9.17, 15) is 0 Å². The van der Waals surface area contributed by atoms with Gasteiger partial charge in [0.25, 0.3) is 0 Å². The minimum absolute atomic E-state index is 0. The van der Waals surface area contributed by atoms with Gasteiger partial charge in [-0.3, -0.25) is 0 Å². The molecular formula is H9AgGaInSbTe. The third-order valence-electron chi connectivity index (χ3n) is 0. The van der Waals surface area contributed by atoms with Crippen LogP contribution in [0.4, 0.5) is 0 Å². The summed E-state index contributed by atoms with van der Waals surface area (Å²) in [5.41, 5.74) is 0. The van der Waals surface area contributed by atoms with Crippen LogP contribution in [0.25, 0.3) is 0 Å². The van der Waals surface area contributed by atoms with E-state index in [0.29, 0.717) is 0 Å². The third kappa shape index (κ3) is 18.1. The van der Waals surface area contributed by atoms with Crippen molar-refractivity contribution in [1.82, 2.24) is 0 Å². The molecule has 0 bridgehead atoms. The Morgan fingerprint density at radius 1 is 1.00 bits per heavy atom. The molecule has 3 radical (unpaired) electrons. The Morgan fingerprint density at radius 3 is 1.00 bits per heavy atom. The molecule has 37 valence electrons. The third-order valence-corrected chi connectivity index (χ3v) is 0. The standard InChI is InChI=1S/Ag.Ga.In.Sb.HTe.8H/h;;;;1H;;;;;;;;. The predicted molar refractivity (Wildman–Crippen MR) is 35.6 cm³/mol. The molecule has 0 spiro atoms. The molecule has 0 aromatic heterocycles. The van der Waals surface area contributed by atoms with Crippen LogP contribution in [0.5, 0.6) is 0 Å². The van der Waals surface area contributed by atoms with E-state index >= 15 is 0 Å². The van der Waals surface area contributed by atoms with E-state index in [1.54, 1.807) is 0 Å². The van der Waals surface area contributed by atoms with Crippen molar-refractivity contribution in [1.29, 1.82) is 0 Å². The topological polar surface area (TPSA) is 0 Å². The van der Waals surface area contributed by atoms with Crippen LogP contribution in [0, 0.1) is 0 Å². The fourth-order valence-corrected chi connectivity index (χ4v) is 0. The first kappa shape index (κ1) is 36.8. The van der Waals surface area contributed by atoms with E-state index in [2.05, 4.69) is 0 Å². The predicted octanol–water partition coefficient (Wildman–Crippen LogP) is -3.94. The van der Waals surface area contributed by atoms with Crippen molar-refractivity contribution < 1.29 is 22.4 Å². The van der Waals surface area contributed by atoms with Crippen LogP contribution in [-0.4, -0.2) is 93.7 Å². The Labute approximate surface area is 114 Å². The van der Waals surface area contributed by atoms with Crippen molar-refractivity contribution in [2.24, 2.45) is 0 Å². The van der Waals surface area contributed by atoms with Gasteiger partial charge in [-0.05, 0) is 0 Å². The molecule has 0 heterocycles. The molecule has 0 aromatic carbocycles. The first-order valence-electron chi connectivity index (χ1n) is 0. The van der Waals surface area contributed by atoms with Crippen LogP contribution in [0.2, 0.25) is 0 Å². The molecule has 0 amide bonds. The second kappa shape index (κ2) is 24.8. The molecule has 0 rings (SSSR count). The van der Waals surface area contributed by atoms with E-state index in [1.165, 1.54) is 0 Å². The average molecular weight is 551 g/mol. The summed E-state index contributed by atoms with van der Waals surface area (Å²) in [7, 11) is 0. The first-order chi connectivity index (χ1) is 0. The van der Waals surface area contributed by atoms with E-state index in [0.717, 1.165) is 0 Å². The van der Waals surface area contributed by atoms with Crippen molar-refractivity contribution in [3.63, 3.8) is 0 Å². The molecular weight excluding hydrogens is 542 g/mol. The van der Waals surface area contributed by atoms with Gasteiger partial charge in [0, 0.05) is 22.4 Å². The van der Waals surface area contributed by atoms with Crippen molar-refractivity contribution in [2.45, 2.75) is 0 Å². The van der Waals surface area contributed by atoms with E-state index in [1.807, 2.05) is 0 Å². The molecule has 5 heteroatoms. The van der Waals surface area contributed by atoms with Gasteiger partial charge >= 0.3 is 93.7 Å². The first-order valence-corrected chi connectivity index (χ1v) is 0. The van der Waals surface area contributed by atoms with Gasteiger partial charge in [0.2, 0.25) is 0 Å². The second-order valence-electron chi connectivity index (χ2n) is 0. The maximum absolute atomic E-state index is 0. The molecule has 0 aliphatic heterocycles. The Morgan fingerprint density at radius 2 is 1.00 bits per heavy atom. The monoisotopic (exact) mass is 551 g/mol. The van der Waals surface area contributed by atoms with Crippen molar-refractivity contribution in [3.05, 3.63) is 0 Å². The summed E-state index contributed by atoms with van der Waals surface area (Å²) in [4.78, 5) is 0. The Kier molecular flexibility index (Phi) is 183. The molecule has 0 saturated heterocycles. The molecule has 0 aliphatic carbocycles. The Balaban J connectivity index is 0. The van der Waals surface area contributed by atoms with E-state index < -0.39 is 0 Å². The van der Waals surface area contributed by atoms with Gasteiger partial charge in [-0.2, -0.15) is 0 Å². The fourth-order valence-electron chi connectivity index (χ4n) is 0. The molecule has 0 fully saturated rings. The van der Waals surface area contributed by atoms with Crippen molar-refractivity contribution >= 4 is 93.7 Å². The molecule has 0 aliphatic rings. The molecule has 0 nitrogen and oxygen atoms in total. The molecule has 0 unspecified atom stereocenters. The summed E-state index contributed by atoms with van der Waals surface area (Å²) in [6, 6.07) is 0. The van der Waals surface area contributed by atoms with Crippen LogP contribution >= 0.6 is 0 Å². The van der Waals surface area contributed by atoms with Gasteiger partial charge < -0.3 is 0 Å². The summed E-state index contributed by atoms with van der Waals surface area (Å²) >= 11 is 0. The summed E-state index contributed by atoms with van der Waals surface area (Å²) < 4.78 is 0. The summed E-state index contributed by atoms with van der Waals surface area (Å²) in [6.45, 7) is 0. The zero-order valence-electron chi connectivity index (χ0n) is 1.33. The number of hydrogen-bond donors (Lipinski definition) is 0. The minimum atomic E-state index is 0. The van der Waals surface area contributed by atoms with Gasteiger partial charge in [0.05, 0.1) is 0 Å². The van der Waals surface area contributed by atoms with Gasteiger partial charge in [-0.25, -0.2) is 0 Å². The second-order valence-corrected chi connectivity index (χ2v) is 0. The van der Waals surface area contributed by atoms with Crippen LogP contribution in [0.1, 0.15) is 0 Å². The SMILES string of the molecule is [Ag].[GaH3].[InH3].[SbH2].[TeH]. The molecule has 0 atom stereocenters. The van der Waals surface area contributed by atoms with E-state index in [-0.39, 0.29) is 116 Å². The Bertz CT molecular complexity index is 11.6. The van der Waals surface area contributed by atoms with E-state index in [4.69, 9.17) is 0 Å². The normalized spacial score (nSPS) is 0. The quantitative estimate of drug-likeness (QED) is 0.271. The van der Waals surface area contributed by atoms with Gasteiger partial charge in [0.15, 0.2) is 0 Å². The summed E-state index contributed by atoms with van der Waals surface area (Å²) in [5.74, 6) is 0. The molecule has 0 aromatic rings. The zero-order chi connectivity index (χ0) is 0. The summed E-state index contributed by atoms with van der Waals surface area (Å²) in [5, 5.41) is 0. The van der Waals surface area contributed by atoms with Gasteiger partial charge in [-0.1, -0.05) is 0 Å². The van der Waals surface area contributed by atoms with Crippen LogP contribution < -0.4 is 0 Å². The average Bonchev–Trinajstić information content (AvgIpc) is 0.